The Labute approximate surface area is 168 Å². The SMILES string of the molecule is CC[C@H](C)Oc1ccccc1/C=C1/SC(=O)N(CC(=O)N2CCOCC2)C1=O. The number of carbonyl (C=O) groups excluding carboxylic acids is 3. The summed E-state index contributed by atoms with van der Waals surface area (Å²) in [7, 11) is 0. The predicted octanol–water partition coefficient (Wildman–Crippen LogP) is 2.76. The zero-order valence-electron chi connectivity index (χ0n) is 16.1. The molecule has 2 aliphatic rings. The fourth-order valence-electron chi connectivity index (χ4n) is 2.83. The van der Waals surface area contributed by atoms with Gasteiger partial charge in [0.05, 0.1) is 24.2 Å². The quantitative estimate of drug-likeness (QED) is 0.679. The van der Waals surface area contributed by atoms with Gasteiger partial charge >= 0.3 is 0 Å². The van der Waals surface area contributed by atoms with Crippen LogP contribution in [0.3, 0.4) is 0 Å². The summed E-state index contributed by atoms with van der Waals surface area (Å²) in [4.78, 5) is 40.3. The third kappa shape index (κ3) is 4.74. The molecule has 3 rings (SSSR count). The van der Waals surface area contributed by atoms with E-state index in [9.17, 15) is 14.4 Å². The zero-order valence-corrected chi connectivity index (χ0v) is 16.9. The van der Waals surface area contributed by atoms with Crippen LogP contribution >= 0.6 is 11.8 Å². The summed E-state index contributed by atoms with van der Waals surface area (Å²) in [5.41, 5.74) is 0.729. The number of carbonyl (C=O) groups is 3. The third-order valence-electron chi connectivity index (χ3n) is 4.64. The molecule has 0 N–H and O–H groups in total. The Hall–Kier alpha value is -2.32. The molecule has 0 aliphatic carbocycles. The van der Waals surface area contributed by atoms with E-state index in [2.05, 4.69) is 0 Å². The second-order valence-corrected chi connectivity index (χ2v) is 7.63. The summed E-state index contributed by atoms with van der Waals surface area (Å²) in [6.45, 7) is 5.66. The highest BCUT2D eigenvalue weighted by Crippen LogP contribution is 2.34. The lowest BCUT2D eigenvalue weighted by Crippen LogP contribution is -2.46. The first-order valence-corrected chi connectivity index (χ1v) is 10.2. The summed E-state index contributed by atoms with van der Waals surface area (Å²) in [5, 5.41) is -0.432. The molecule has 2 fully saturated rings. The highest BCUT2D eigenvalue weighted by atomic mass is 32.2. The van der Waals surface area contributed by atoms with Crippen LogP contribution in [0.5, 0.6) is 5.75 Å². The van der Waals surface area contributed by atoms with E-state index in [1.165, 1.54) is 0 Å². The number of para-hydroxylation sites is 1. The number of ether oxygens (including phenoxy) is 2. The fourth-order valence-corrected chi connectivity index (χ4v) is 3.66. The summed E-state index contributed by atoms with van der Waals surface area (Å²) in [5.74, 6) is -0.0321. The molecule has 0 unspecified atom stereocenters. The molecule has 2 aliphatic heterocycles. The van der Waals surface area contributed by atoms with Gasteiger partial charge in [0.15, 0.2) is 0 Å². The molecular weight excluding hydrogens is 380 g/mol. The van der Waals surface area contributed by atoms with Crippen LogP contribution in [0.25, 0.3) is 6.08 Å². The van der Waals surface area contributed by atoms with Gasteiger partial charge in [-0.15, -0.1) is 0 Å². The Kier molecular flexibility index (Phi) is 6.74. The van der Waals surface area contributed by atoms with Crippen LogP contribution in [-0.4, -0.2) is 65.8 Å². The van der Waals surface area contributed by atoms with E-state index < -0.39 is 11.1 Å². The largest absolute Gasteiger partial charge is 0.490 e. The fraction of sp³-hybridized carbons (Fsp3) is 0.450. The number of benzene rings is 1. The second kappa shape index (κ2) is 9.25. The molecule has 1 aromatic rings. The minimum absolute atomic E-state index is 0.0377. The highest BCUT2D eigenvalue weighted by Gasteiger charge is 2.37. The van der Waals surface area contributed by atoms with E-state index in [0.29, 0.717) is 37.0 Å². The van der Waals surface area contributed by atoms with E-state index in [4.69, 9.17) is 9.47 Å². The predicted molar refractivity (Wildman–Crippen MR) is 107 cm³/mol. The van der Waals surface area contributed by atoms with Crippen molar-refractivity contribution >= 4 is 34.9 Å². The maximum Gasteiger partial charge on any atom is 0.294 e. The van der Waals surface area contributed by atoms with Crippen LogP contribution in [0.4, 0.5) is 4.79 Å². The lowest BCUT2D eigenvalue weighted by atomic mass is 10.1. The molecule has 8 heteroatoms. The van der Waals surface area contributed by atoms with Gasteiger partial charge in [-0.1, -0.05) is 25.1 Å². The summed E-state index contributed by atoms with van der Waals surface area (Å²) in [6, 6.07) is 7.39. The van der Waals surface area contributed by atoms with Gasteiger partial charge in [0, 0.05) is 18.7 Å². The number of rotatable bonds is 6. The summed E-state index contributed by atoms with van der Waals surface area (Å²) >= 11 is 0.846. The molecule has 0 bridgehead atoms. The second-order valence-electron chi connectivity index (χ2n) is 6.64. The first-order chi connectivity index (χ1) is 13.5. The van der Waals surface area contributed by atoms with Crippen LogP contribution in [0.15, 0.2) is 29.2 Å². The Morgan fingerprint density at radius 2 is 2.00 bits per heavy atom. The van der Waals surface area contributed by atoms with E-state index >= 15 is 0 Å². The van der Waals surface area contributed by atoms with Crippen molar-refractivity contribution in [1.82, 2.24) is 9.80 Å². The number of nitrogens with zero attached hydrogens (tertiary/aromatic N) is 2. The normalized spacial score (nSPS) is 20.0. The van der Waals surface area contributed by atoms with Crippen molar-refractivity contribution in [2.75, 3.05) is 32.8 Å². The molecule has 2 saturated heterocycles. The Morgan fingerprint density at radius 1 is 1.29 bits per heavy atom. The Morgan fingerprint density at radius 3 is 2.71 bits per heavy atom. The number of thioether (sulfide) groups is 1. The van der Waals surface area contributed by atoms with Crippen molar-refractivity contribution in [2.45, 2.75) is 26.4 Å². The van der Waals surface area contributed by atoms with Gasteiger partial charge in [-0.2, -0.15) is 0 Å². The Bertz CT molecular complexity index is 789. The van der Waals surface area contributed by atoms with Gasteiger partial charge < -0.3 is 14.4 Å². The number of hydrogen-bond acceptors (Lipinski definition) is 6. The van der Waals surface area contributed by atoms with Gasteiger partial charge in [0.2, 0.25) is 5.91 Å². The molecule has 2 heterocycles. The molecule has 0 radical (unpaired) electrons. The maximum absolute atomic E-state index is 12.7. The minimum atomic E-state index is -0.449. The average molecular weight is 404 g/mol. The molecule has 0 saturated carbocycles. The van der Waals surface area contributed by atoms with E-state index in [0.717, 1.165) is 28.6 Å². The molecular formula is C20H24N2O5S. The third-order valence-corrected chi connectivity index (χ3v) is 5.55. The minimum Gasteiger partial charge on any atom is -0.490 e. The molecule has 0 aromatic heterocycles. The van der Waals surface area contributed by atoms with Crippen LogP contribution < -0.4 is 4.74 Å². The van der Waals surface area contributed by atoms with Gasteiger partial charge in [0.25, 0.3) is 11.1 Å². The van der Waals surface area contributed by atoms with Crippen LogP contribution in [0, 0.1) is 0 Å². The van der Waals surface area contributed by atoms with Gasteiger partial charge in [0.1, 0.15) is 12.3 Å². The van der Waals surface area contributed by atoms with Crippen molar-refractivity contribution in [2.24, 2.45) is 0 Å². The average Bonchev–Trinajstić information content (AvgIpc) is 2.97. The first kappa shape index (κ1) is 20.4. The number of morpholine rings is 1. The standard InChI is InChI=1S/C20H24N2O5S/c1-3-14(2)27-16-7-5-4-6-15(16)12-17-19(24)22(20(25)28-17)13-18(23)21-8-10-26-11-9-21/h4-7,12,14H,3,8-11,13H2,1-2H3/b17-12+/t14-/m0/s1. The van der Waals surface area contributed by atoms with Crippen molar-refractivity contribution in [3.8, 4) is 5.75 Å². The van der Waals surface area contributed by atoms with Crippen molar-refractivity contribution in [1.29, 1.82) is 0 Å². The molecule has 1 aromatic carbocycles. The lowest BCUT2D eigenvalue weighted by molar-refractivity contribution is -0.139. The number of imide groups is 1. The summed E-state index contributed by atoms with van der Waals surface area (Å²) < 4.78 is 11.1. The van der Waals surface area contributed by atoms with Crippen LogP contribution in [0.2, 0.25) is 0 Å². The van der Waals surface area contributed by atoms with Gasteiger partial charge in [-0.3, -0.25) is 19.3 Å². The van der Waals surface area contributed by atoms with Crippen molar-refractivity contribution in [3.05, 3.63) is 34.7 Å². The number of hydrogen-bond donors (Lipinski definition) is 0. The molecule has 7 nitrogen and oxygen atoms in total. The van der Waals surface area contributed by atoms with E-state index in [-0.39, 0.29) is 18.6 Å². The molecule has 1 atom stereocenters. The van der Waals surface area contributed by atoms with Crippen LogP contribution in [-0.2, 0) is 14.3 Å². The summed E-state index contributed by atoms with van der Waals surface area (Å²) in [6.07, 6.45) is 2.55. The molecule has 28 heavy (non-hydrogen) atoms. The zero-order chi connectivity index (χ0) is 20.1. The van der Waals surface area contributed by atoms with Crippen molar-refractivity contribution in [3.63, 3.8) is 0 Å². The van der Waals surface area contributed by atoms with Gasteiger partial charge in [-0.25, -0.2) is 0 Å². The Balaban J connectivity index is 1.73. The monoisotopic (exact) mass is 404 g/mol. The van der Waals surface area contributed by atoms with Crippen molar-refractivity contribution < 1.29 is 23.9 Å². The topological polar surface area (TPSA) is 76.2 Å². The van der Waals surface area contributed by atoms with Crippen LogP contribution in [0.1, 0.15) is 25.8 Å². The van der Waals surface area contributed by atoms with Gasteiger partial charge in [-0.05, 0) is 37.2 Å². The maximum atomic E-state index is 12.7. The highest BCUT2D eigenvalue weighted by molar-refractivity contribution is 8.18. The lowest BCUT2D eigenvalue weighted by Gasteiger charge is -2.28. The van der Waals surface area contributed by atoms with E-state index in [1.54, 1.807) is 11.0 Å². The number of amides is 3. The molecule has 0 spiro atoms. The first-order valence-electron chi connectivity index (χ1n) is 9.36. The van der Waals surface area contributed by atoms with E-state index in [1.807, 2.05) is 38.1 Å². The smallest absolute Gasteiger partial charge is 0.294 e. The molecule has 150 valence electrons. The molecule has 3 amide bonds.